The summed E-state index contributed by atoms with van der Waals surface area (Å²) in [5.74, 6) is -0.989. The van der Waals surface area contributed by atoms with Crippen molar-refractivity contribution in [2.75, 3.05) is 0 Å². The van der Waals surface area contributed by atoms with E-state index >= 15 is 0 Å². The Morgan fingerprint density at radius 1 is 1.50 bits per heavy atom. The zero-order valence-electron chi connectivity index (χ0n) is 8.82. The van der Waals surface area contributed by atoms with Crippen LogP contribution in [-0.2, 0) is 5.67 Å². The van der Waals surface area contributed by atoms with Crippen molar-refractivity contribution in [1.29, 1.82) is 0 Å². The maximum Gasteiger partial charge on any atom is 0.335 e. The second kappa shape index (κ2) is 3.52. The second-order valence-electron chi connectivity index (χ2n) is 4.02. The van der Waals surface area contributed by atoms with E-state index in [0.29, 0.717) is 15.8 Å². The third-order valence-electron chi connectivity index (χ3n) is 2.28. The van der Waals surface area contributed by atoms with Gasteiger partial charge in [0, 0.05) is 5.39 Å². The number of benzene rings is 1. The van der Waals surface area contributed by atoms with Crippen LogP contribution in [-0.4, -0.2) is 15.4 Å². The number of nitrogens with zero attached hydrogens (tertiary/aromatic N) is 1. The van der Waals surface area contributed by atoms with Gasteiger partial charge in [-0.3, -0.25) is 0 Å². The first-order chi connectivity index (χ1) is 7.39. The number of carbonyl (C=O) groups is 1. The molecule has 2 rings (SSSR count). The molecule has 3 nitrogen and oxygen atoms in total. The molecule has 0 unspecified atom stereocenters. The van der Waals surface area contributed by atoms with Crippen LogP contribution in [0.3, 0.4) is 0 Å². The van der Waals surface area contributed by atoms with Gasteiger partial charge in [0.2, 0.25) is 0 Å². The normalized spacial score (nSPS) is 11.9. The Kier molecular flexibility index (Phi) is 2.42. The van der Waals surface area contributed by atoms with Gasteiger partial charge in [-0.1, -0.05) is 6.07 Å². The summed E-state index contributed by atoms with van der Waals surface area (Å²) in [5, 5.41) is 9.50. The van der Waals surface area contributed by atoms with E-state index in [1.165, 1.54) is 26.0 Å². The van der Waals surface area contributed by atoms with Crippen LogP contribution in [0.5, 0.6) is 0 Å². The first kappa shape index (κ1) is 11.0. The Morgan fingerprint density at radius 3 is 2.75 bits per heavy atom. The highest BCUT2D eigenvalue weighted by atomic mass is 32.1. The number of aromatic nitrogens is 1. The van der Waals surface area contributed by atoms with Crippen LogP contribution in [0.2, 0.25) is 0 Å². The first-order valence-electron chi connectivity index (χ1n) is 4.72. The zero-order valence-corrected chi connectivity index (χ0v) is 9.64. The molecule has 0 aliphatic rings. The van der Waals surface area contributed by atoms with Crippen molar-refractivity contribution in [3.8, 4) is 0 Å². The highest BCUT2D eigenvalue weighted by Crippen LogP contribution is 2.33. The van der Waals surface area contributed by atoms with Gasteiger partial charge in [0.15, 0.2) is 0 Å². The molecular formula is C11H10FNO2S. The number of halogens is 1. The fourth-order valence-electron chi connectivity index (χ4n) is 1.50. The number of hydrogen-bond donors (Lipinski definition) is 1. The van der Waals surface area contributed by atoms with Crippen LogP contribution < -0.4 is 0 Å². The van der Waals surface area contributed by atoms with Crippen molar-refractivity contribution >= 4 is 27.6 Å². The van der Waals surface area contributed by atoms with Gasteiger partial charge in [-0.2, -0.15) is 4.37 Å². The number of aromatic carboxylic acids is 1. The molecule has 1 N–H and O–H groups in total. The van der Waals surface area contributed by atoms with Gasteiger partial charge in [-0.05, 0) is 37.5 Å². The highest BCUT2D eigenvalue weighted by Gasteiger charge is 2.25. The molecule has 84 valence electrons. The van der Waals surface area contributed by atoms with E-state index in [9.17, 15) is 9.18 Å². The van der Waals surface area contributed by atoms with E-state index in [0.717, 1.165) is 11.5 Å². The van der Waals surface area contributed by atoms with Crippen molar-refractivity contribution < 1.29 is 14.3 Å². The molecule has 0 bridgehead atoms. The quantitative estimate of drug-likeness (QED) is 0.875. The van der Waals surface area contributed by atoms with E-state index in [-0.39, 0.29) is 5.56 Å². The lowest BCUT2D eigenvalue weighted by atomic mass is 10.0. The standard InChI is InChI=1S/C11H10FNO2S/c1-11(2,12)9-7-4-3-6(10(14)15)5-8(7)16-13-9/h3-5H,1-2H3,(H,14,15). The lowest BCUT2D eigenvalue weighted by Crippen LogP contribution is -2.09. The average Bonchev–Trinajstić information content (AvgIpc) is 2.58. The first-order valence-corrected chi connectivity index (χ1v) is 5.49. The van der Waals surface area contributed by atoms with E-state index in [1.54, 1.807) is 6.07 Å². The molecule has 1 heterocycles. The van der Waals surface area contributed by atoms with Crippen molar-refractivity contribution in [3.63, 3.8) is 0 Å². The van der Waals surface area contributed by atoms with Crippen LogP contribution in [0.1, 0.15) is 29.9 Å². The molecule has 0 radical (unpaired) electrons. The van der Waals surface area contributed by atoms with E-state index in [4.69, 9.17) is 5.11 Å². The van der Waals surface area contributed by atoms with Crippen LogP contribution >= 0.6 is 11.5 Å². The van der Waals surface area contributed by atoms with Gasteiger partial charge >= 0.3 is 5.97 Å². The summed E-state index contributed by atoms with van der Waals surface area (Å²) in [6.07, 6.45) is 0. The lowest BCUT2D eigenvalue weighted by Gasteiger charge is -2.10. The van der Waals surface area contributed by atoms with Crippen molar-refractivity contribution in [1.82, 2.24) is 4.37 Å². The summed E-state index contributed by atoms with van der Waals surface area (Å²) < 4.78 is 18.5. The SMILES string of the molecule is CC(C)(F)c1nsc2cc(C(=O)O)ccc12. The van der Waals surface area contributed by atoms with Gasteiger partial charge < -0.3 is 5.11 Å². The Bertz CT molecular complexity index is 557. The van der Waals surface area contributed by atoms with Crippen LogP contribution in [0.4, 0.5) is 4.39 Å². The van der Waals surface area contributed by atoms with Gasteiger partial charge in [0.1, 0.15) is 5.67 Å². The Morgan fingerprint density at radius 2 is 2.19 bits per heavy atom. The number of carboxylic acid groups (broad SMARTS) is 1. The molecule has 0 amide bonds. The molecule has 0 saturated heterocycles. The zero-order chi connectivity index (χ0) is 11.9. The van der Waals surface area contributed by atoms with Crippen LogP contribution in [0, 0.1) is 0 Å². The second-order valence-corrected chi connectivity index (χ2v) is 4.82. The lowest BCUT2D eigenvalue weighted by molar-refractivity contribution is 0.0697. The molecule has 0 aliphatic heterocycles. The predicted molar refractivity (Wildman–Crippen MR) is 60.7 cm³/mol. The molecule has 5 heteroatoms. The number of carboxylic acids is 1. The number of fused-ring (bicyclic) bond motifs is 1. The molecule has 0 atom stereocenters. The molecule has 0 spiro atoms. The van der Waals surface area contributed by atoms with Crippen molar-refractivity contribution in [2.24, 2.45) is 0 Å². The molecule has 2 aromatic rings. The highest BCUT2D eigenvalue weighted by molar-refractivity contribution is 7.13. The van der Waals surface area contributed by atoms with Gasteiger partial charge in [-0.15, -0.1) is 0 Å². The number of hydrogen-bond acceptors (Lipinski definition) is 3. The summed E-state index contributed by atoms with van der Waals surface area (Å²) in [5.41, 5.74) is -0.952. The third-order valence-corrected chi connectivity index (χ3v) is 3.09. The Balaban J connectivity index is 2.64. The monoisotopic (exact) mass is 239 g/mol. The van der Waals surface area contributed by atoms with Crippen molar-refractivity contribution in [3.05, 3.63) is 29.5 Å². The van der Waals surface area contributed by atoms with Gasteiger partial charge in [-0.25, -0.2) is 9.18 Å². The Labute approximate surface area is 95.7 Å². The molecule has 0 saturated carbocycles. The predicted octanol–water partition coefficient (Wildman–Crippen LogP) is 3.20. The minimum absolute atomic E-state index is 0.194. The fourth-order valence-corrected chi connectivity index (χ4v) is 2.45. The van der Waals surface area contributed by atoms with Gasteiger partial charge in [0.05, 0.1) is 16.0 Å². The third kappa shape index (κ3) is 1.78. The molecule has 16 heavy (non-hydrogen) atoms. The van der Waals surface area contributed by atoms with Crippen LogP contribution in [0.25, 0.3) is 10.1 Å². The summed E-state index contributed by atoms with van der Waals surface area (Å²) in [6.45, 7) is 2.87. The Hall–Kier alpha value is -1.49. The molecule has 1 aromatic carbocycles. The van der Waals surface area contributed by atoms with E-state index in [1.807, 2.05) is 0 Å². The molecular weight excluding hydrogens is 229 g/mol. The number of rotatable bonds is 2. The largest absolute Gasteiger partial charge is 0.478 e. The number of alkyl halides is 1. The summed E-state index contributed by atoms with van der Waals surface area (Å²) in [6, 6.07) is 4.60. The van der Waals surface area contributed by atoms with Gasteiger partial charge in [0.25, 0.3) is 0 Å². The average molecular weight is 239 g/mol. The maximum absolute atomic E-state index is 13.8. The molecule has 0 fully saturated rings. The topological polar surface area (TPSA) is 50.2 Å². The fraction of sp³-hybridized carbons (Fsp3) is 0.273. The molecule has 0 aliphatic carbocycles. The molecule has 1 aromatic heterocycles. The minimum atomic E-state index is -1.51. The summed E-state index contributed by atoms with van der Waals surface area (Å²) >= 11 is 1.12. The maximum atomic E-state index is 13.8. The summed E-state index contributed by atoms with van der Waals surface area (Å²) in [7, 11) is 0. The van der Waals surface area contributed by atoms with E-state index < -0.39 is 11.6 Å². The van der Waals surface area contributed by atoms with Crippen LogP contribution in [0.15, 0.2) is 18.2 Å². The minimum Gasteiger partial charge on any atom is -0.478 e. The van der Waals surface area contributed by atoms with Crippen molar-refractivity contribution in [2.45, 2.75) is 19.5 Å². The van der Waals surface area contributed by atoms with E-state index in [2.05, 4.69) is 4.37 Å². The summed E-state index contributed by atoms with van der Waals surface area (Å²) in [4.78, 5) is 10.8. The smallest absolute Gasteiger partial charge is 0.335 e.